The van der Waals surface area contributed by atoms with Crippen LogP contribution >= 0.6 is 11.6 Å². The number of benzene rings is 2. The SMILES string of the molecule is Cc1ccc(C2CCCN2C(=O)COCc2ccccc2Cl)cc1C. The topological polar surface area (TPSA) is 29.5 Å². The van der Waals surface area contributed by atoms with Gasteiger partial charge in [0.1, 0.15) is 6.61 Å². The van der Waals surface area contributed by atoms with E-state index in [9.17, 15) is 4.79 Å². The summed E-state index contributed by atoms with van der Waals surface area (Å²) in [6.07, 6.45) is 2.05. The first-order valence-electron chi connectivity index (χ1n) is 8.74. The normalized spacial score (nSPS) is 17.1. The van der Waals surface area contributed by atoms with E-state index >= 15 is 0 Å². The maximum Gasteiger partial charge on any atom is 0.249 e. The molecule has 1 amide bonds. The number of rotatable bonds is 5. The van der Waals surface area contributed by atoms with Crippen LogP contribution in [-0.2, 0) is 16.1 Å². The van der Waals surface area contributed by atoms with Crippen molar-refractivity contribution in [2.24, 2.45) is 0 Å². The number of hydrogen-bond donors (Lipinski definition) is 0. The first kappa shape index (κ1) is 18.0. The number of ether oxygens (including phenoxy) is 1. The van der Waals surface area contributed by atoms with Crippen molar-refractivity contribution in [1.29, 1.82) is 0 Å². The van der Waals surface area contributed by atoms with Crippen molar-refractivity contribution in [1.82, 2.24) is 4.90 Å². The summed E-state index contributed by atoms with van der Waals surface area (Å²) in [4.78, 5) is 14.6. The molecule has 1 aliphatic heterocycles. The molecule has 2 aromatic carbocycles. The Hall–Kier alpha value is -1.84. The first-order chi connectivity index (χ1) is 12.1. The molecule has 1 heterocycles. The molecule has 3 rings (SSSR count). The zero-order valence-corrected chi connectivity index (χ0v) is 15.6. The van der Waals surface area contributed by atoms with Gasteiger partial charge in [-0.05, 0) is 55.0 Å². The van der Waals surface area contributed by atoms with E-state index < -0.39 is 0 Å². The molecule has 0 aliphatic carbocycles. The zero-order valence-electron chi connectivity index (χ0n) is 14.8. The van der Waals surface area contributed by atoms with Gasteiger partial charge < -0.3 is 9.64 Å². The molecule has 1 aliphatic rings. The molecule has 3 nitrogen and oxygen atoms in total. The van der Waals surface area contributed by atoms with Crippen molar-refractivity contribution in [3.05, 3.63) is 69.7 Å². The summed E-state index contributed by atoms with van der Waals surface area (Å²) in [5.41, 5.74) is 4.68. The van der Waals surface area contributed by atoms with Crippen molar-refractivity contribution in [3.63, 3.8) is 0 Å². The Morgan fingerprint density at radius 2 is 2.00 bits per heavy atom. The number of halogens is 1. The largest absolute Gasteiger partial charge is 0.367 e. The Labute approximate surface area is 154 Å². The summed E-state index contributed by atoms with van der Waals surface area (Å²) in [6.45, 7) is 5.47. The van der Waals surface area contributed by atoms with Gasteiger partial charge in [0.2, 0.25) is 5.91 Å². The van der Waals surface area contributed by atoms with Crippen LogP contribution in [0.1, 0.15) is 41.1 Å². The van der Waals surface area contributed by atoms with Crippen LogP contribution < -0.4 is 0 Å². The van der Waals surface area contributed by atoms with Crippen molar-refractivity contribution in [2.45, 2.75) is 39.3 Å². The second-order valence-corrected chi connectivity index (χ2v) is 7.08. The Balaban J connectivity index is 1.61. The predicted molar refractivity (Wildman–Crippen MR) is 101 cm³/mol. The molecular formula is C21H24ClNO2. The molecule has 0 aromatic heterocycles. The van der Waals surface area contributed by atoms with Crippen LogP contribution in [0.3, 0.4) is 0 Å². The van der Waals surface area contributed by atoms with Gasteiger partial charge in [0.25, 0.3) is 0 Å². The average molecular weight is 358 g/mol. The van der Waals surface area contributed by atoms with Crippen LogP contribution in [0.4, 0.5) is 0 Å². The minimum Gasteiger partial charge on any atom is -0.367 e. The van der Waals surface area contributed by atoms with Gasteiger partial charge in [0, 0.05) is 11.6 Å². The standard InChI is InChI=1S/C21H24ClNO2/c1-15-9-10-17(12-16(15)2)20-8-5-11-23(20)21(24)14-25-13-18-6-3-4-7-19(18)22/h3-4,6-7,9-10,12,20H,5,8,11,13-14H2,1-2H3. The molecule has 2 aromatic rings. The number of likely N-dealkylation sites (tertiary alicyclic amines) is 1. The third-order valence-corrected chi connectivity index (χ3v) is 5.30. The van der Waals surface area contributed by atoms with E-state index in [0.29, 0.717) is 11.6 Å². The number of hydrogen-bond acceptors (Lipinski definition) is 2. The highest BCUT2D eigenvalue weighted by Gasteiger charge is 2.29. The fraction of sp³-hybridized carbons (Fsp3) is 0.381. The molecule has 1 atom stereocenters. The maximum absolute atomic E-state index is 12.6. The fourth-order valence-electron chi connectivity index (χ4n) is 3.33. The Morgan fingerprint density at radius 3 is 2.76 bits per heavy atom. The Kier molecular flexibility index (Phi) is 5.77. The lowest BCUT2D eigenvalue weighted by molar-refractivity contribution is -0.137. The molecule has 0 N–H and O–H groups in total. The highest BCUT2D eigenvalue weighted by Crippen LogP contribution is 2.32. The molecule has 132 valence electrons. The van der Waals surface area contributed by atoms with Crippen molar-refractivity contribution in [2.75, 3.05) is 13.2 Å². The van der Waals surface area contributed by atoms with Crippen LogP contribution in [0.5, 0.6) is 0 Å². The first-order valence-corrected chi connectivity index (χ1v) is 9.12. The Bertz CT molecular complexity index is 759. The van der Waals surface area contributed by atoms with Gasteiger partial charge in [0.05, 0.1) is 12.6 Å². The number of carbonyl (C=O) groups is 1. The van der Waals surface area contributed by atoms with Crippen molar-refractivity contribution < 1.29 is 9.53 Å². The highest BCUT2D eigenvalue weighted by atomic mass is 35.5. The van der Waals surface area contributed by atoms with Gasteiger partial charge >= 0.3 is 0 Å². The summed E-state index contributed by atoms with van der Waals surface area (Å²) in [7, 11) is 0. The van der Waals surface area contributed by atoms with E-state index in [2.05, 4.69) is 32.0 Å². The summed E-state index contributed by atoms with van der Waals surface area (Å²) in [5, 5.41) is 0.670. The van der Waals surface area contributed by atoms with E-state index in [1.165, 1.54) is 16.7 Å². The summed E-state index contributed by atoms with van der Waals surface area (Å²) in [6, 6.07) is 14.2. The van der Waals surface area contributed by atoms with E-state index in [1.807, 2.05) is 29.2 Å². The van der Waals surface area contributed by atoms with Crippen molar-refractivity contribution in [3.8, 4) is 0 Å². The highest BCUT2D eigenvalue weighted by molar-refractivity contribution is 6.31. The molecule has 4 heteroatoms. The summed E-state index contributed by atoms with van der Waals surface area (Å²) in [5.74, 6) is 0.0489. The second kappa shape index (κ2) is 8.03. The number of nitrogens with zero attached hydrogens (tertiary/aromatic N) is 1. The van der Waals surface area contributed by atoms with Crippen LogP contribution in [0.15, 0.2) is 42.5 Å². The zero-order chi connectivity index (χ0) is 17.8. The molecular weight excluding hydrogens is 334 g/mol. The minimum absolute atomic E-state index is 0.0489. The maximum atomic E-state index is 12.6. The lowest BCUT2D eigenvalue weighted by Gasteiger charge is -2.25. The number of carbonyl (C=O) groups excluding carboxylic acids is 1. The van der Waals surface area contributed by atoms with Gasteiger partial charge in [0.15, 0.2) is 0 Å². The van der Waals surface area contributed by atoms with Crippen molar-refractivity contribution >= 4 is 17.5 Å². The van der Waals surface area contributed by atoms with Gasteiger partial charge in [-0.25, -0.2) is 0 Å². The molecule has 0 saturated carbocycles. The smallest absolute Gasteiger partial charge is 0.249 e. The number of aryl methyl sites for hydroxylation is 2. The van der Waals surface area contributed by atoms with Crippen LogP contribution in [0.25, 0.3) is 0 Å². The second-order valence-electron chi connectivity index (χ2n) is 6.67. The molecule has 0 bridgehead atoms. The molecule has 1 fully saturated rings. The molecule has 0 spiro atoms. The lowest BCUT2D eigenvalue weighted by Crippen LogP contribution is -2.33. The molecule has 1 unspecified atom stereocenters. The van der Waals surface area contributed by atoms with E-state index in [0.717, 1.165) is 24.9 Å². The van der Waals surface area contributed by atoms with E-state index in [1.54, 1.807) is 0 Å². The summed E-state index contributed by atoms with van der Waals surface area (Å²) >= 11 is 6.12. The lowest BCUT2D eigenvalue weighted by atomic mass is 9.99. The van der Waals surface area contributed by atoms with Crippen LogP contribution in [0, 0.1) is 13.8 Å². The summed E-state index contributed by atoms with van der Waals surface area (Å²) < 4.78 is 5.63. The van der Waals surface area contributed by atoms with Gasteiger partial charge in [-0.1, -0.05) is 48.0 Å². The molecule has 0 radical (unpaired) electrons. The quantitative estimate of drug-likeness (QED) is 0.766. The monoisotopic (exact) mass is 357 g/mol. The number of amides is 1. The van der Waals surface area contributed by atoms with E-state index in [-0.39, 0.29) is 18.6 Å². The van der Waals surface area contributed by atoms with Gasteiger partial charge in [-0.3, -0.25) is 4.79 Å². The Morgan fingerprint density at radius 1 is 1.20 bits per heavy atom. The van der Waals surface area contributed by atoms with Crippen LogP contribution in [-0.4, -0.2) is 24.0 Å². The third kappa shape index (κ3) is 4.23. The minimum atomic E-state index is 0.0489. The molecule has 1 saturated heterocycles. The van der Waals surface area contributed by atoms with Crippen LogP contribution in [0.2, 0.25) is 5.02 Å². The average Bonchev–Trinajstić information content (AvgIpc) is 3.09. The molecule has 25 heavy (non-hydrogen) atoms. The predicted octanol–water partition coefficient (Wildman–Crippen LogP) is 4.84. The van der Waals surface area contributed by atoms with Gasteiger partial charge in [-0.15, -0.1) is 0 Å². The fourth-order valence-corrected chi connectivity index (χ4v) is 3.52. The van der Waals surface area contributed by atoms with Gasteiger partial charge in [-0.2, -0.15) is 0 Å². The third-order valence-electron chi connectivity index (χ3n) is 4.93. The van der Waals surface area contributed by atoms with E-state index in [4.69, 9.17) is 16.3 Å².